The van der Waals surface area contributed by atoms with Gasteiger partial charge in [-0.15, -0.1) is 0 Å². The van der Waals surface area contributed by atoms with Crippen molar-refractivity contribution in [2.24, 2.45) is 5.10 Å². The normalized spacial score (nSPS) is 10.5. The van der Waals surface area contributed by atoms with E-state index in [0.717, 1.165) is 11.3 Å². The van der Waals surface area contributed by atoms with Crippen molar-refractivity contribution in [2.75, 3.05) is 25.1 Å². The van der Waals surface area contributed by atoms with Gasteiger partial charge in [0.1, 0.15) is 11.5 Å². The molecule has 3 N–H and O–H groups in total. The first-order valence-electron chi connectivity index (χ1n) is 11.4. The summed E-state index contributed by atoms with van der Waals surface area (Å²) in [6.45, 7) is 2.56. The van der Waals surface area contributed by atoms with E-state index in [2.05, 4.69) is 21.2 Å². The number of benzene rings is 3. The Morgan fingerprint density at radius 2 is 1.58 bits per heavy atom. The highest BCUT2D eigenvalue weighted by atomic mass is 16.5. The molecule has 0 saturated carbocycles. The quantitative estimate of drug-likeness (QED) is 0.218. The van der Waals surface area contributed by atoms with Gasteiger partial charge in [-0.05, 0) is 55.3 Å². The van der Waals surface area contributed by atoms with E-state index in [1.54, 1.807) is 48.5 Å². The topological polar surface area (TPSA) is 118 Å². The van der Waals surface area contributed by atoms with Gasteiger partial charge in [0.25, 0.3) is 5.91 Å². The molecule has 0 spiro atoms. The lowest BCUT2D eigenvalue weighted by molar-refractivity contribution is -0.139. The number of anilines is 1. The SMILES string of the molecule is CCOc1ccc(NC(=O)COc2ccccc2/C=N\NC(=O)C(=O)NCCc2ccccc2)cc1. The molecule has 3 aromatic carbocycles. The summed E-state index contributed by atoms with van der Waals surface area (Å²) >= 11 is 0. The van der Waals surface area contributed by atoms with Crippen molar-refractivity contribution >= 4 is 29.6 Å². The smallest absolute Gasteiger partial charge is 0.329 e. The zero-order valence-electron chi connectivity index (χ0n) is 19.9. The van der Waals surface area contributed by atoms with E-state index < -0.39 is 11.8 Å². The van der Waals surface area contributed by atoms with E-state index in [0.29, 0.717) is 36.6 Å². The Kier molecular flexibility index (Phi) is 10.0. The number of amides is 3. The molecule has 9 heteroatoms. The number of carbonyl (C=O) groups excluding carboxylic acids is 3. The Labute approximate surface area is 209 Å². The number of hydrogen-bond acceptors (Lipinski definition) is 6. The molecular formula is C27H28N4O5. The Morgan fingerprint density at radius 1 is 0.861 bits per heavy atom. The van der Waals surface area contributed by atoms with Crippen LogP contribution in [-0.2, 0) is 20.8 Å². The summed E-state index contributed by atoms with van der Waals surface area (Å²) in [6, 6.07) is 23.5. The second-order valence-corrected chi connectivity index (χ2v) is 7.52. The summed E-state index contributed by atoms with van der Waals surface area (Å²) in [5.74, 6) is -0.890. The summed E-state index contributed by atoms with van der Waals surface area (Å²) in [5.41, 5.74) is 4.39. The van der Waals surface area contributed by atoms with Gasteiger partial charge >= 0.3 is 11.8 Å². The fraction of sp³-hybridized carbons (Fsp3) is 0.185. The number of hydrazone groups is 1. The van der Waals surface area contributed by atoms with Gasteiger partial charge in [-0.3, -0.25) is 14.4 Å². The lowest BCUT2D eigenvalue weighted by atomic mass is 10.1. The maximum atomic E-state index is 12.3. The highest BCUT2D eigenvalue weighted by Crippen LogP contribution is 2.17. The zero-order chi connectivity index (χ0) is 25.6. The largest absolute Gasteiger partial charge is 0.494 e. The molecule has 0 saturated heterocycles. The molecule has 0 fully saturated rings. The lowest BCUT2D eigenvalue weighted by Gasteiger charge is -2.10. The molecule has 0 aliphatic carbocycles. The number of para-hydroxylation sites is 1. The fourth-order valence-corrected chi connectivity index (χ4v) is 3.12. The fourth-order valence-electron chi connectivity index (χ4n) is 3.12. The molecule has 0 unspecified atom stereocenters. The van der Waals surface area contributed by atoms with Gasteiger partial charge in [0.15, 0.2) is 6.61 Å². The summed E-state index contributed by atoms with van der Waals surface area (Å²) in [4.78, 5) is 36.2. The van der Waals surface area contributed by atoms with Crippen LogP contribution in [0.1, 0.15) is 18.1 Å². The molecule has 0 bridgehead atoms. The Hall–Kier alpha value is -4.66. The van der Waals surface area contributed by atoms with E-state index in [1.807, 2.05) is 37.3 Å². The molecule has 0 radical (unpaired) electrons. The maximum absolute atomic E-state index is 12.3. The van der Waals surface area contributed by atoms with Crippen molar-refractivity contribution in [3.8, 4) is 11.5 Å². The third-order valence-corrected chi connectivity index (χ3v) is 4.84. The first-order valence-corrected chi connectivity index (χ1v) is 11.4. The predicted molar refractivity (Wildman–Crippen MR) is 137 cm³/mol. The van der Waals surface area contributed by atoms with Crippen LogP contribution in [0.4, 0.5) is 5.69 Å². The molecule has 3 amide bonds. The summed E-state index contributed by atoms with van der Waals surface area (Å²) in [7, 11) is 0. The third kappa shape index (κ3) is 8.60. The van der Waals surface area contributed by atoms with Gasteiger partial charge < -0.3 is 20.1 Å². The Morgan fingerprint density at radius 3 is 2.33 bits per heavy atom. The molecule has 0 atom stereocenters. The molecule has 3 rings (SSSR count). The lowest BCUT2D eigenvalue weighted by Crippen LogP contribution is -2.38. The molecule has 186 valence electrons. The second-order valence-electron chi connectivity index (χ2n) is 7.52. The van der Waals surface area contributed by atoms with Gasteiger partial charge in [0.2, 0.25) is 0 Å². The van der Waals surface area contributed by atoms with Crippen LogP contribution in [0.5, 0.6) is 11.5 Å². The third-order valence-electron chi connectivity index (χ3n) is 4.84. The van der Waals surface area contributed by atoms with Gasteiger partial charge in [-0.2, -0.15) is 5.10 Å². The number of hydrogen-bond donors (Lipinski definition) is 3. The first-order chi connectivity index (χ1) is 17.5. The van der Waals surface area contributed by atoms with Crippen LogP contribution >= 0.6 is 0 Å². The summed E-state index contributed by atoms with van der Waals surface area (Å²) in [6.07, 6.45) is 1.95. The predicted octanol–water partition coefficient (Wildman–Crippen LogP) is 2.91. The van der Waals surface area contributed by atoms with Crippen LogP contribution < -0.4 is 25.5 Å². The monoisotopic (exact) mass is 488 g/mol. The van der Waals surface area contributed by atoms with Gasteiger partial charge in [0, 0.05) is 17.8 Å². The Balaban J connectivity index is 1.44. The number of nitrogens with one attached hydrogen (secondary N) is 3. The minimum absolute atomic E-state index is 0.228. The van der Waals surface area contributed by atoms with Crippen molar-refractivity contribution in [1.29, 1.82) is 0 Å². The highest BCUT2D eigenvalue weighted by molar-refractivity contribution is 6.35. The standard InChI is InChI=1S/C27H28N4O5/c1-2-35-23-14-12-22(13-15-23)30-25(32)19-36-24-11-7-6-10-21(24)18-29-31-27(34)26(33)28-17-16-20-8-4-3-5-9-20/h3-15,18H,2,16-17,19H2,1H3,(H,28,33)(H,30,32)(H,31,34)/b29-18-. The van der Waals surface area contributed by atoms with E-state index in [-0.39, 0.29) is 12.5 Å². The van der Waals surface area contributed by atoms with Gasteiger partial charge in [-0.1, -0.05) is 42.5 Å². The Bertz CT molecular complexity index is 1180. The summed E-state index contributed by atoms with van der Waals surface area (Å²) in [5, 5.41) is 9.13. The van der Waals surface area contributed by atoms with Crippen LogP contribution in [0.2, 0.25) is 0 Å². The molecule has 9 nitrogen and oxygen atoms in total. The van der Waals surface area contributed by atoms with E-state index in [4.69, 9.17) is 9.47 Å². The maximum Gasteiger partial charge on any atom is 0.329 e. The van der Waals surface area contributed by atoms with Crippen LogP contribution in [0.3, 0.4) is 0 Å². The number of ether oxygens (including phenoxy) is 2. The van der Waals surface area contributed by atoms with E-state index >= 15 is 0 Å². The van der Waals surface area contributed by atoms with Crippen LogP contribution in [-0.4, -0.2) is 43.7 Å². The van der Waals surface area contributed by atoms with E-state index in [9.17, 15) is 14.4 Å². The molecule has 0 aromatic heterocycles. The second kappa shape index (κ2) is 13.9. The van der Waals surface area contributed by atoms with Crippen molar-refractivity contribution in [3.05, 3.63) is 90.0 Å². The van der Waals surface area contributed by atoms with Crippen molar-refractivity contribution in [1.82, 2.24) is 10.7 Å². The van der Waals surface area contributed by atoms with Crippen LogP contribution in [0, 0.1) is 0 Å². The van der Waals surface area contributed by atoms with Crippen molar-refractivity contribution in [2.45, 2.75) is 13.3 Å². The van der Waals surface area contributed by atoms with Crippen molar-refractivity contribution < 1.29 is 23.9 Å². The average Bonchev–Trinajstić information content (AvgIpc) is 2.90. The van der Waals surface area contributed by atoms with Gasteiger partial charge in [-0.25, -0.2) is 5.43 Å². The number of carbonyl (C=O) groups is 3. The van der Waals surface area contributed by atoms with Crippen LogP contribution in [0.25, 0.3) is 0 Å². The molecule has 0 heterocycles. The molecule has 0 aliphatic heterocycles. The molecule has 3 aromatic rings. The van der Waals surface area contributed by atoms with E-state index in [1.165, 1.54) is 6.21 Å². The van der Waals surface area contributed by atoms with Crippen molar-refractivity contribution in [3.63, 3.8) is 0 Å². The average molecular weight is 489 g/mol. The van der Waals surface area contributed by atoms with Gasteiger partial charge in [0.05, 0.1) is 12.8 Å². The molecule has 0 aliphatic rings. The minimum atomic E-state index is -0.882. The molecule has 36 heavy (non-hydrogen) atoms. The van der Waals surface area contributed by atoms with Crippen LogP contribution in [0.15, 0.2) is 84.0 Å². The molecular weight excluding hydrogens is 460 g/mol. The number of rotatable bonds is 11. The summed E-state index contributed by atoms with van der Waals surface area (Å²) < 4.78 is 11.0. The minimum Gasteiger partial charge on any atom is -0.494 e. The zero-order valence-corrected chi connectivity index (χ0v) is 19.9. The highest BCUT2D eigenvalue weighted by Gasteiger charge is 2.12. The number of nitrogens with zero attached hydrogens (tertiary/aromatic N) is 1. The first kappa shape index (κ1) is 26.0.